The minimum Gasteiger partial charge on any atom is -0.365 e. The van der Waals surface area contributed by atoms with Crippen molar-refractivity contribution in [3.63, 3.8) is 0 Å². The molecule has 2 N–H and O–H groups in total. The molecular formula is C11H13N3OS. The molecule has 0 atom stereocenters. The minimum absolute atomic E-state index is 0.111. The lowest BCUT2D eigenvalue weighted by atomic mass is 10.4. The first-order valence-corrected chi connectivity index (χ1v) is 6.02. The average molecular weight is 235 g/mol. The molecular weight excluding hydrogens is 222 g/mol. The smallest absolute Gasteiger partial charge is 0.252 e. The second-order valence-electron chi connectivity index (χ2n) is 3.36. The molecule has 0 bridgehead atoms. The van der Waals surface area contributed by atoms with E-state index in [9.17, 15) is 4.79 Å². The first kappa shape index (κ1) is 10.9. The van der Waals surface area contributed by atoms with Crippen LogP contribution in [0.4, 0.5) is 5.82 Å². The molecule has 0 fully saturated rings. The van der Waals surface area contributed by atoms with Crippen LogP contribution in [0, 0.1) is 0 Å². The summed E-state index contributed by atoms with van der Waals surface area (Å²) in [4.78, 5) is 19.5. The van der Waals surface area contributed by atoms with Crippen LogP contribution in [-0.4, -0.2) is 9.97 Å². The Bertz CT molecular complexity index is 504. The second kappa shape index (κ2) is 4.94. The van der Waals surface area contributed by atoms with Gasteiger partial charge in [-0.2, -0.15) is 0 Å². The third-order valence-electron chi connectivity index (χ3n) is 2.15. The van der Waals surface area contributed by atoms with Gasteiger partial charge in [-0.3, -0.25) is 4.79 Å². The molecule has 16 heavy (non-hydrogen) atoms. The Kier molecular flexibility index (Phi) is 3.36. The third kappa shape index (κ3) is 2.70. The van der Waals surface area contributed by atoms with Gasteiger partial charge in [-0.05, 0) is 11.4 Å². The van der Waals surface area contributed by atoms with Crippen molar-refractivity contribution in [1.29, 1.82) is 0 Å². The van der Waals surface area contributed by atoms with Crippen molar-refractivity contribution in [1.82, 2.24) is 9.97 Å². The first-order valence-electron chi connectivity index (χ1n) is 5.14. The van der Waals surface area contributed by atoms with Crippen molar-refractivity contribution >= 4 is 17.2 Å². The number of H-pyrrole nitrogens is 1. The monoisotopic (exact) mass is 235 g/mol. The Morgan fingerprint density at radius 3 is 3.12 bits per heavy atom. The molecule has 0 unspecified atom stereocenters. The lowest BCUT2D eigenvalue weighted by molar-refractivity contribution is 0.916. The number of anilines is 1. The van der Waals surface area contributed by atoms with Crippen LogP contribution in [0.2, 0.25) is 0 Å². The molecule has 0 aromatic carbocycles. The van der Waals surface area contributed by atoms with Crippen molar-refractivity contribution in [2.75, 3.05) is 5.32 Å². The Hall–Kier alpha value is -1.62. The van der Waals surface area contributed by atoms with Gasteiger partial charge in [0.1, 0.15) is 11.6 Å². The molecule has 84 valence electrons. The molecule has 0 aliphatic carbocycles. The fraction of sp³-hybridized carbons (Fsp3) is 0.273. The van der Waals surface area contributed by atoms with E-state index in [1.165, 1.54) is 10.9 Å². The molecule has 0 saturated carbocycles. The molecule has 0 saturated heterocycles. The van der Waals surface area contributed by atoms with Crippen LogP contribution in [0.5, 0.6) is 0 Å². The van der Waals surface area contributed by atoms with Gasteiger partial charge in [0, 0.05) is 17.4 Å². The molecule has 2 heterocycles. The quantitative estimate of drug-likeness (QED) is 0.852. The number of thiophene rings is 1. The molecule has 0 spiro atoms. The van der Waals surface area contributed by atoms with Crippen LogP contribution >= 0.6 is 11.3 Å². The number of aryl methyl sites for hydroxylation is 1. The molecule has 4 nitrogen and oxygen atoms in total. The van der Waals surface area contributed by atoms with E-state index in [1.807, 2.05) is 24.4 Å². The number of aromatic nitrogens is 2. The van der Waals surface area contributed by atoms with Gasteiger partial charge < -0.3 is 10.3 Å². The highest BCUT2D eigenvalue weighted by atomic mass is 32.1. The van der Waals surface area contributed by atoms with Crippen LogP contribution in [-0.2, 0) is 13.0 Å². The number of rotatable bonds is 4. The van der Waals surface area contributed by atoms with Crippen LogP contribution in [0.25, 0.3) is 0 Å². The summed E-state index contributed by atoms with van der Waals surface area (Å²) in [6, 6.07) is 5.53. The molecule has 5 heteroatoms. The standard InChI is InChI=1S/C11H13N3OS/c1-2-9-13-10(6-11(15)14-9)12-7-8-4-3-5-16-8/h3-6H,2,7H2,1H3,(H2,12,13,14,15). The summed E-state index contributed by atoms with van der Waals surface area (Å²) in [7, 11) is 0. The zero-order valence-electron chi connectivity index (χ0n) is 8.99. The number of nitrogens with one attached hydrogen (secondary N) is 2. The summed E-state index contributed by atoms with van der Waals surface area (Å²) in [5, 5.41) is 5.17. The summed E-state index contributed by atoms with van der Waals surface area (Å²) in [6.07, 6.45) is 0.726. The average Bonchev–Trinajstić information content (AvgIpc) is 2.78. The van der Waals surface area contributed by atoms with Gasteiger partial charge in [0.2, 0.25) is 0 Å². The van der Waals surface area contributed by atoms with E-state index in [4.69, 9.17) is 0 Å². The highest BCUT2D eigenvalue weighted by molar-refractivity contribution is 7.09. The van der Waals surface area contributed by atoms with E-state index >= 15 is 0 Å². The van der Waals surface area contributed by atoms with E-state index in [-0.39, 0.29) is 5.56 Å². The van der Waals surface area contributed by atoms with E-state index in [0.29, 0.717) is 18.2 Å². The number of hydrogen-bond donors (Lipinski definition) is 2. The van der Waals surface area contributed by atoms with Crippen LogP contribution in [0.1, 0.15) is 17.6 Å². The Balaban J connectivity index is 2.09. The summed E-state index contributed by atoms with van der Waals surface area (Å²) >= 11 is 1.68. The molecule has 0 amide bonds. The normalized spacial score (nSPS) is 10.3. The Morgan fingerprint density at radius 2 is 2.44 bits per heavy atom. The predicted molar refractivity (Wildman–Crippen MR) is 65.9 cm³/mol. The van der Waals surface area contributed by atoms with Gasteiger partial charge in [-0.25, -0.2) is 4.98 Å². The van der Waals surface area contributed by atoms with Gasteiger partial charge >= 0.3 is 0 Å². The number of nitrogens with zero attached hydrogens (tertiary/aromatic N) is 1. The molecule has 0 radical (unpaired) electrons. The predicted octanol–water partition coefficient (Wildman–Crippen LogP) is 2.01. The van der Waals surface area contributed by atoms with E-state index in [2.05, 4.69) is 15.3 Å². The lowest BCUT2D eigenvalue weighted by Crippen LogP contribution is -2.12. The van der Waals surface area contributed by atoms with Gasteiger partial charge in [0.15, 0.2) is 0 Å². The number of hydrogen-bond acceptors (Lipinski definition) is 4. The summed E-state index contributed by atoms with van der Waals surface area (Å²) in [5.41, 5.74) is -0.111. The second-order valence-corrected chi connectivity index (χ2v) is 4.40. The summed E-state index contributed by atoms with van der Waals surface area (Å²) < 4.78 is 0. The SMILES string of the molecule is CCc1nc(NCc2cccs2)cc(=O)[nH]1. The first-order chi connectivity index (χ1) is 7.78. The fourth-order valence-corrected chi connectivity index (χ4v) is 2.00. The topological polar surface area (TPSA) is 57.8 Å². The lowest BCUT2D eigenvalue weighted by Gasteiger charge is -2.04. The van der Waals surface area contributed by atoms with Crippen molar-refractivity contribution in [3.8, 4) is 0 Å². The van der Waals surface area contributed by atoms with Gasteiger partial charge in [0.05, 0.1) is 6.54 Å². The Morgan fingerprint density at radius 1 is 1.56 bits per heavy atom. The van der Waals surface area contributed by atoms with Crippen molar-refractivity contribution < 1.29 is 0 Å². The molecule has 0 aliphatic heterocycles. The van der Waals surface area contributed by atoms with Crippen molar-refractivity contribution in [2.45, 2.75) is 19.9 Å². The van der Waals surface area contributed by atoms with Gasteiger partial charge in [-0.15, -0.1) is 11.3 Å². The Labute approximate surface area is 97.4 Å². The molecule has 0 aliphatic rings. The van der Waals surface area contributed by atoms with Crippen molar-refractivity contribution in [2.24, 2.45) is 0 Å². The van der Waals surface area contributed by atoms with Gasteiger partial charge in [-0.1, -0.05) is 13.0 Å². The van der Waals surface area contributed by atoms with Crippen molar-refractivity contribution in [3.05, 3.63) is 44.6 Å². The van der Waals surface area contributed by atoms with E-state index in [1.54, 1.807) is 11.3 Å². The fourth-order valence-electron chi connectivity index (χ4n) is 1.36. The highest BCUT2D eigenvalue weighted by Gasteiger charge is 2.00. The zero-order chi connectivity index (χ0) is 11.4. The van der Waals surface area contributed by atoms with E-state index < -0.39 is 0 Å². The highest BCUT2D eigenvalue weighted by Crippen LogP contribution is 2.10. The maximum absolute atomic E-state index is 11.3. The van der Waals surface area contributed by atoms with E-state index in [0.717, 1.165) is 6.42 Å². The number of aromatic amines is 1. The van der Waals surface area contributed by atoms with Crippen LogP contribution in [0.3, 0.4) is 0 Å². The molecule has 2 aromatic heterocycles. The summed E-state index contributed by atoms with van der Waals surface area (Å²) in [5.74, 6) is 1.34. The molecule has 2 rings (SSSR count). The minimum atomic E-state index is -0.111. The van der Waals surface area contributed by atoms with Gasteiger partial charge in [0.25, 0.3) is 5.56 Å². The molecule has 2 aromatic rings. The van der Waals surface area contributed by atoms with Crippen LogP contribution < -0.4 is 10.9 Å². The summed E-state index contributed by atoms with van der Waals surface area (Å²) in [6.45, 7) is 2.67. The zero-order valence-corrected chi connectivity index (χ0v) is 9.80. The maximum atomic E-state index is 11.3. The largest absolute Gasteiger partial charge is 0.365 e. The third-order valence-corrected chi connectivity index (χ3v) is 3.03. The van der Waals surface area contributed by atoms with Crippen LogP contribution in [0.15, 0.2) is 28.4 Å². The maximum Gasteiger partial charge on any atom is 0.252 e.